The Kier molecular flexibility index (Phi) is 4.92. The van der Waals surface area contributed by atoms with Crippen LogP contribution in [-0.4, -0.2) is 23.3 Å². The lowest BCUT2D eigenvalue weighted by Crippen LogP contribution is -2.24. The predicted molar refractivity (Wildman–Crippen MR) is 122 cm³/mol. The monoisotopic (exact) mass is 407 g/mol. The summed E-state index contributed by atoms with van der Waals surface area (Å²) in [6, 6.07) is 26.8. The van der Waals surface area contributed by atoms with Gasteiger partial charge in [-0.1, -0.05) is 48.5 Å². The number of anilines is 2. The second kappa shape index (κ2) is 8.03. The van der Waals surface area contributed by atoms with E-state index in [4.69, 9.17) is 0 Å². The minimum atomic E-state index is -0.209. The molecule has 3 aromatic carbocycles. The number of nitrogens with one attached hydrogen (secondary N) is 1. The van der Waals surface area contributed by atoms with E-state index < -0.39 is 0 Å². The first-order valence-electron chi connectivity index (χ1n) is 10.3. The van der Waals surface area contributed by atoms with Crippen molar-refractivity contribution in [2.24, 2.45) is 0 Å². The maximum atomic E-state index is 12.8. The highest BCUT2D eigenvalue weighted by Gasteiger charge is 2.31. The van der Waals surface area contributed by atoms with Gasteiger partial charge in [-0.3, -0.25) is 14.6 Å². The molecule has 152 valence electrons. The molecule has 0 aliphatic carbocycles. The molecule has 5 nitrogen and oxygen atoms in total. The number of carbonyl (C=O) groups is 2. The van der Waals surface area contributed by atoms with Crippen LogP contribution in [0.1, 0.15) is 28.3 Å². The molecule has 5 rings (SSSR count). The highest BCUT2D eigenvalue weighted by atomic mass is 16.2. The second-order valence-corrected chi connectivity index (χ2v) is 7.70. The number of para-hydroxylation sites is 1. The van der Waals surface area contributed by atoms with E-state index in [1.807, 2.05) is 60.7 Å². The molecule has 0 spiro atoms. The Bertz CT molecular complexity index is 1250. The quantitative estimate of drug-likeness (QED) is 0.517. The molecule has 5 heteroatoms. The molecule has 1 fully saturated rings. The van der Waals surface area contributed by atoms with E-state index in [1.165, 1.54) is 5.56 Å². The lowest BCUT2D eigenvalue weighted by molar-refractivity contribution is -0.117. The molecule has 1 aliphatic rings. The van der Waals surface area contributed by atoms with Gasteiger partial charge in [-0.05, 0) is 42.0 Å². The third-order valence-corrected chi connectivity index (χ3v) is 5.72. The van der Waals surface area contributed by atoms with Crippen LogP contribution in [0.3, 0.4) is 0 Å². The number of amides is 2. The van der Waals surface area contributed by atoms with Crippen LogP contribution >= 0.6 is 0 Å². The van der Waals surface area contributed by atoms with E-state index in [2.05, 4.69) is 22.4 Å². The summed E-state index contributed by atoms with van der Waals surface area (Å²) < 4.78 is 0. The number of nitrogens with zero attached hydrogens (tertiary/aromatic N) is 2. The maximum Gasteiger partial charge on any atom is 0.255 e. The lowest BCUT2D eigenvalue weighted by Gasteiger charge is -2.17. The number of fused-ring (bicyclic) bond motifs is 1. The Balaban J connectivity index is 1.32. The fourth-order valence-electron chi connectivity index (χ4n) is 4.10. The van der Waals surface area contributed by atoms with Crippen molar-refractivity contribution >= 4 is 34.1 Å². The lowest BCUT2D eigenvalue weighted by atomic mass is 9.98. The molecule has 2 amide bonds. The van der Waals surface area contributed by atoms with Gasteiger partial charge in [0.2, 0.25) is 5.91 Å². The van der Waals surface area contributed by atoms with Gasteiger partial charge in [0.1, 0.15) is 0 Å². The van der Waals surface area contributed by atoms with Crippen LogP contribution in [0.5, 0.6) is 0 Å². The van der Waals surface area contributed by atoms with E-state index in [9.17, 15) is 9.59 Å². The van der Waals surface area contributed by atoms with Crippen molar-refractivity contribution in [1.82, 2.24) is 4.98 Å². The highest BCUT2D eigenvalue weighted by Crippen LogP contribution is 2.32. The second-order valence-electron chi connectivity index (χ2n) is 7.70. The largest absolute Gasteiger partial charge is 0.320 e. The van der Waals surface area contributed by atoms with Crippen LogP contribution in [-0.2, 0) is 4.79 Å². The summed E-state index contributed by atoms with van der Waals surface area (Å²) in [6.07, 6.45) is 2.21. The van der Waals surface area contributed by atoms with Crippen molar-refractivity contribution < 1.29 is 9.59 Å². The number of pyridine rings is 1. The highest BCUT2D eigenvalue weighted by molar-refractivity contribution is 6.08. The zero-order valence-electron chi connectivity index (χ0n) is 16.9. The van der Waals surface area contributed by atoms with E-state index in [1.54, 1.807) is 23.2 Å². The summed E-state index contributed by atoms with van der Waals surface area (Å²) in [5.41, 5.74) is 3.95. The van der Waals surface area contributed by atoms with Gasteiger partial charge in [0.05, 0.1) is 11.2 Å². The van der Waals surface area contributed by atoms with Gasteiger partial charge in [0, 0.05) is 41.7 Å². The first kappa shape index (κ1) is 19.0. The first-order valence-corrected chi connectivity index (χ1v) is 10.3. The summed E-state index contributed by atoms with van der Waals surface area (Å²) >= 11 is 0. The van der Waals surface area contributed by atoms with Crippen LogP contribution < -0.4 is 10.2 Å². The summed E-state index contributed by atoms with van der Waals surface area (Å²) in [4.78, 5) is 31.5. The number of hydrogen-bond acceptors (Lipinski definition) is 3. The molecule has 1 aromatic heterocycles. The molecular weight excluding hydrogens is 386 g/mol. The van der Waals surface area contributed by atoms with Gasteiger partial charge in [0.25, 0.3) is 5.91 Å². The molecule has 0 saturated carbocycles. The van der Waals surface area contributed by atoms with Gasteiger partial charge in [-0.25, -0.2) is 0 Å². The minimum absolute atomic E-state index is 0.105. The molecule has 1 saturated heterocycles. The Morgan fingerprint density at radius 3 is 2.48 bits per heavy atom. The van der Waals surface area contributed by atoms with Crippen molar-refractivity contribution in [3.05, 3.63) is 102 Å². The van der Waals surface area contributed by atoms with Crippen LogP contribution in [0.4, 0.5) is 11.4 Å². The van der Waals surface area contributed by atoms with Crippen LogP contribution in [0.2, 0.25) is 0 Å². The maximum absolute atomic E-state index is 12.8. The molecule has 0 radical (unpaired) electrons. The van der Waals surface area contributed by atoms with E-state index in [0.29, 0.717) is 24.2 Å². The number of rotatable bonds is 4. The molecule has 1 N–H and O–H groups in total. The standard InChI is InChI=1S/C26H21N3O2/c30-24-16-21(18-6-2-1-3-7-18)17-29(24)22-13-11-20(12-14-22)26(31)28-23-10-4-8-19-9-5-15-27-25(19)23/h1-15,21H,16-17H2,(H,28,31). The first-order chi connectivity index (χ1) is 15.2. The van der Waals surface area contributed by atoms with Gasteiger partial charge in [-0.2, -0.15) is 0 Å². The molecule has 1 atom stereocenters. The average Bonchev–Trinajstić information content (AvgIpc) is 3.21. The average molecular weight is 407 g/mol. The molecule has 1 unspecified atom stereocenters. The van der Waals surface area contributed by atoms with Crippen molar-refractivity contribution in [2.45, 2.75) is 12.3 Å². The van der Waals surface area contributed by atoms with Gasteiger partial charge < -0.3 is 10.2 Å². The van der Waals surface area contributed by atoms with E-state index >= 15 is 0 Å². The zero-order valence-corrected chi connectivity index (χ0v) is 16.9. The number of carbonyl (C=O) groups excluding carboxylic acids is 2. The van der Waals surface area contributed by atoms with Crippen molar-refractivity contribution in [2.75, 3.05) is 16.8 Å². The van der Waals surface area contributed by atoms with Crippen molar-refractivity contribution in [3.8, 4) is 0 Å². The minimum Gasteiger partial charge on any atom is -0.320 e. The zero-order chi connectivity index (χ0) is 21.2. The number of aromatic nitrogens is 1. The van der Waals surface area contributed by atoms with E-state index in [-0.39, 0.29) is 17.7 Å². The fraction of sp³-hybridized carbons (Fsp3) is 0.115. The Labute approximate surface area is 180 Å². The molecule has 0 bridgehead atoms. The predicted octanol–water partition coefficient (Wildman–Crippen LogP) is 5.01. The van der Waals surface area contributed by atoms with Crippen molar-refractivity contribution in [3.63, 3.8) is 0 Å². The molecule has 1 aliphatic heterocycles. The summed E-state index contributed by atoms with van der Waals surface area (Å²) in [6.45, 7) is 0.649. The van der Waals surface area contributed by atoms with Gasteiger partial charge in [-0.15, -0.1) is 0 Å². The Hall–Kier alpha value is -3.99. The Morgan fingerprint density at radius 1 is 0.903 bits per heavy atom. The Morgan fingerprint density at radius 2 is 1.68 bits per heavy atom. The van der Waals surface area contributed by atoms with Crippen molar-refractivity contribution in [1.29, 1.82) is 0 Å². The van der Waals surface area contributed by atoms with Gasteiger partial charge >= 0.3 is 0 Å². The fourth-order valence-corrected chi connectivity index (χ4v) is 4.10. The molecule has 4 aromatic rings. The summed E-state index contributed by atoms with van der Waals surface area (Å²) in [7, 11) is 0. The summed E-state index contributed by atoms with van der Waals surface area (Å²) in [5, 5.41) is 3.91. The topological polar surface area (TPSA) is 62.3 Å². The molecule has 2 heterocycles. The van der Waals surface area contributed by atoms with Crippen LogP contribution in [0, 0.1) is 0 Å². The summed E-state index contributed by atoms with van der Waals surface area (Å²) in [5.74, 6) is 0.0861. The third kappa shape index (κ3) is 3.78. The smallest absolute Gasteiger partial charge is 0.255 e. The number of benzene rings is 3. The van der Waals surface area contributed by atoms with Gasteiger partial charge in [0.15, 0.2) is 0 Å². The SMILES string of the molecule is O=C(Nc1cccc2cccnc12)c1ccc(N2CC(c3ccccc3)CC2=O)cc1. The van der Waals surface area contributed by atoms with E-state index in [0.717, 1.165) is 16.6 Å². The van der Waals surface area contributed by atoms with Crippen LogP contribution in [0.25, 0.3) is 10.9 Å². The molecular formula is C26H21N3O2. The normalized spacial score (nSPS) is 15.9. The van der Waals surface area contributed by atoms with Crippen LogP contribution in [0.15, 0.2) is 91.1 Å². The third-order valence-electron chi connectivity index (χ3n) is 5.72. The molecule has 31 heavy (non-hydrogen) atoms. The number of hydrogen-bond donors (Lipinski definition) is 1.